The zero-order valence-corrected chi connectivity index (χ0v) is 9.86. The first kappa shape index (κ1) is 10.5. The fourth-order valence-corrected chi connectivity index (χ4v) is 2.13. The van der Waals surface area contributed by atoms with Crippen molar-refractivity contribution in [3.05, 3.63) is 35.2 Å². The van der Waals surface area contributed by atoms with Gasteiger partial charge in [-0.05, 0) is 36.2 Å². The molecule has 0 amide bonds. The quantitative estimate of drug-likeness (QED) is 0.855. The van der Waals surface area contributed by atoms with E-state index in [1.807, 2.05) is 6.92 Å². The Balaban J connectivity index is 1.97. The lowest BCUT2D eigenvalue weighted by Gasteiger charge is -2.16. The summed E-state index contributed by atoms with van der Waals surface area (Å²) in [7, 11) is 0. The van der Waals surface area contributed by atoms with Crippen LogP contribution in [-0.2, 0) is 19.4 Å². The predicted molar refractivity (Wildman–Crippen MR) is 64.5 cm³/mol. The van der Waals surface area contributed by atoms with Crippen molar-refractivity contribution < 1.29 is 4.52 Å². The van der Waals surface area contributed by atoms with Gasteiger partial charge in [0.05, 0.1) is 0 Å². The first-order valence-electron chi connectivity index (χ1n) is 6.02. The molecule has 0 spiro atoms. The predicted octanol–water partition coefficient (Wildman–Crippen LogP) is 1.94. The monoisotopic (exact) mass is 229 g/mol. The first-order valence-corrected chi connectivity index (χ1v) is 6.02. The van der Waals surface area contributed by atoms with Crippen LogP contribution in [0.25, 0.3) is 11.5 Å². The van der Waals surface area contributed by atoms with E-state index in [9.17, 15) is 0 Å². The highest BCUT2D eigenvalue weighted by atomic mass is 16.5. The molecule has 17 heavy (non-hydrogen) atoms. The van der Waals surface area contributed by atoms with Gasteiger partial charge < -0.3 is 9.84 Å². The topological polar surface area (TPSA) is 51.0 Å². The summed E-state index contributed by atoms with van der Waals surface area (Å²) in [6, 6.07) is 6.38. The maximum atomic E-state index is 5.25. The molecule has 0 aliphatic carbocycles. The lowest BCUT2D eigenvalue weighted by molar-refractivity contribution is 0.423. The van der Waals surface area contributed by atoms with Crippen molar-refractivity contribution in [2.45, 2.75) is 26.3 Å². The largest absolute Gasteiger partial charge is 0.334 e. The van der Waals surface area contributed by atoms with Crippen LogP contribution in [0.2, 0.25) is 0 Å². The van der Waals surface area contributed by atoms with Gasteiger partial charge in [-0.3, -0.25) is 0 Å². The minimum Gasteiger partial charge on any atom is -0.334 e. The van der Waals surface area contributed by atoms with Crippen LogP contribution in [0.3, 0.4) is 0 Å². The van der Waals surface area contributed by atoms with Gasteiger partial charge >= 0.3 is 0 Å². The summed E-state index contributed by atoms with van der Waals surface area (Å²) in [5.41, 5.74) is 3.77. The van der Waals surface area contributed by atoms with Crippen LogP contribution in [0, 0.1) is 0 Å². The molecule has 88 valence electrons. The Morgan fingerprint density at radius 1 is 1.35 bits per heavy atom. The van der Waals surface area contributed by atoms with Crippen LogP contribution < -0.4 is 5.32 Å². The zero-order valence-electron chi connectivity index (χ0n) is 9.86. The molecule has 1 aliphatic heterocycles. The van der Waals surface area contributed by atoms with E-state index in [1.54, 1.807) is 0 Å². The van der Waals surface area contributed by atoms with E-state index in [1.165, 1.54) is 11.1 Å². The second-order valence-corrected chi connectivity index (χ2v) is 4.28. The molecule has 1 N–H and O–H groups in total. The number of rotatable bonds is 2. The Morgan fingerprint density at radius 3 is 3.12 bits per heavy atom. The third kappa shape index (κ3) is 1.96. The van der Waals surface area contributed by atoms with Crippen LogP contribution in [0.1, 0.15) is 23.9 Å². The van der Waals surface area contributed by atoms with Crippen LogP contribution in [0.4, 0.5) is 0 Å². The molecule has 0 radical (unpaired) electrons. The van der Waals surface area contributed by atoms with E-state index in [2.05, 4.69) is 33.7 Å². The minimum absolute atomic E-state index is 0.621. The smallest absolute Gasteiger partial charge is 0.257 e. The first-order chi connectivity index (χ1) is 8.36. The number of benzene rings is 1. The average Bonchev–Trinajstić information content (AvgIpc) is 2.87. The summed E-state index contributed by atoms with van der Waals surface area (Å²) < 4.78 is 5.25. The Labute approximate surface area is 100 Å². The molecule has 3 rings (SSSR count). The van der Waals surface area contributed by atoms with Crippen molar-refractivity contribution >= 4 is 0 Å². The summed E-state index contributed by atoms with van der Waals surface area (Å²) in [5, 5.41) is 7.29. The molecule has 1 aliphatic rings. The van der Waals surface area contributed by atoms with Gasteiger partial charge in [0.2, 0.25) is 0 Å². The Hall–Kier alpha value is -1.68. The summed E-state index contributed by atoms with van der Waals surface area (Å²) in [5.74, 6) is 1.38. The van der Waals surface area contributed by atoms with Gasteiger partial charge in [-0.2, -0.15) is 4.98 Å². The molecule has 1 aromatic carbocycles. The lowest BCUT2D eigenvalue weighted by Crippen LogP contribution is -2.23. The molecule has 2 aromatic rings. The Bertz CT molecular complexity index is 533. The molecule has 0 unspecified atom stereocenters. The molecular formula is C13H15N3O. The van der Waals surface area contributed by atoms with Crippen molar-refractivity contribution in [3.8, 4) is 11.5 Å². The van der Waals surface area contributed by atoms with Gasteiger partial charge in [-0.1, -0.05) is 18.1 Å². The molecule has 0 saturated heterocycles. The van der Waals surface area contributed by atoms with Gasteiger partial charge in [0, 0.05) is 18.5 Å². The minimum atomic E-state index is 0.621. The third-order valence-electron chi connectivity index (χ3n) is 3.12. The number of hydrogen-bond donors (Lipinski definition) is 1. The fourth-order valence-electron chi connectivity index (χ4n) is 2.13. The Morgan fingerprint density at radius 2 is 2.29 bits per heavy atom. The van der Waals surface area contributed by atoms with E-state index < -0.39 is 0 Å². The SMILES string of the molecule is CCc1noc(-c2ccc3c(c2)CNCC3)n1. The van der Waals surface area contributed by atoms with Crippen LogP contribution in [-0.4, -0.2) is 16.7 Å². The van der Waals surface area contributed by atoms with E-state index in [0.29, 0.717) is 5.89 Å². The summed E-state index contributed by atoms with van der Waals surface area (Å²) in [4.78, 5) is 4.35. The molecule has 1 aromatic heterocycles. The van der Waals surface area contributed by atoms with E-state index in [0.717, 1.165) is 37.3 Å². The van der Waals surface area contributed by atoms with Crippen molar-refractivity contribution in [3.63, 3.8) is 0 Å². The third-order valence-corrected chi connectivity index (χ3v) is 3.12. The van der Waals surface area contributed by atoms with Crippen LogP contribution in [0.5, 0.6) is 0 Å². The van der Waals surface area contributed by atoms with E-state index >= 15 is 0 Å². The summed E-state index contributed by atoms with van der Waals surface area (Å²) in [6.07, 6.45) is 1.90. The molecule has 0 atom stereocenters. The number of nitrogens with zero attached hydrogens (tertiary/aromatic N) is 2. The average molecular weight is 229 g/mol. The maximum absolute atomic E-state index is 5.25. The van der Waals surface area contributed by atoms with Gasteiger partial charge in [0.15, 0.2) is 5.82 Å². The molecule has 0 fully saturated rings. The van der Waals surface area contributed by atoms with Crippen LogP contribution >= 0.6 is 0 Å². The molecular weight excluding hydrogens is 214 g/mol. The lowest BCUT2D eigenvalue weighted by atomic mass is 9.98. The van der Waals surface area contributed by atoms with Crippen LogP contribution in [0.15, 0.2) is 22.7 Å². The van der Waals surface area contributed by atoms with Crippen molar-refractivity contribution in [2.75, 3.05) is 6.54 Å². The zero-order chi connectivity index (χ0) is 11.7. The molecule has 0 saturated carbocycles. The van der Waals surface area contributed by atoms with Gasteiger partial charge in [0.25, 0.3) is 5.89 Å². The van der Waals surface area contributed by atoms with Crippen molar-refractivity contribution in [2.24, 2.45) is 0 Å². The second-order valence-electron chi connectivity index (χ2n) is 4.28. The number of aromatic nitrogens is 2. The van der Waals surface area contributed by atoms with E-state index in [4.69, 9.17) is 4.52 Å². The van der Waals surface area contributed by atoms with Gasteiger partial charge in [-0.25, -0.2) is 0 Å². The highest BCUT2D eigenvalue weighted by molar-refractivity contribution is 5.56. The number of aryl methyl sites for hydroxylation is 1. The number of hydrogen-bond acceptors (Lipinski definition) is 4. The van der Waals surface area contributed by atoms with E-state index in [-0.39, 0.29) is 0 Å². The standard InChI is InChI=1S/C13H15N3O/c1-2-12-15-13(17-16-12)10-4-3-9-5-6-14-8-11(9)7-10/h3-4,7,14H,2,5-6,8H2,1H3. The highest BCUT2D eigenvalue weighted by Gasteiger charge is 2.12. The summed E-state index contributed by atoms with van der Waals surface area (Å²) >= 11 is 0. The summed E-state index contributed by atoms with van der Waals surface area (Å²) in [6.45, 7) is 4.01. The second kappa shape index (κ2) is 4.30. The number of nitrogens with one attached hydrogen (secondary N) is 1. The van der Waals surface area contributed by atoms with Crippen molar-refractivity contribution in [1.29, 1.82) is 0 Å². The Kier molecular flexibility index (Phi) is 2.65. The molecule has 4 nitrogen and oxygen atoms in total. The molecule has 4 heteroatoms. The normalized spacial score (nSPS) is 14.6. The number of fused-ring (bicyclic) bond motifs is 1. The van der Waals surface area contributed by atoms with Crippen molar-refractivity contribution in [1.82, 2.24) is 15.5 Å². The van der Waals surface area contributed by atoms with Gasteiger partial charge in [0.1, 0.15) is 0 Å². The highest BCUT2D eigenvalue weighted by Crippen LogP contribution is 2.23. The fraction of sp³-hybridized carbons (Fsp3) is 0.385. The molecule has 2 heterocycles. The van der Waals surface area contributed by atoms with Gasteiger partial charge in [-0.15, -0.1) is 0 Å². The molecule has 0 bridgehead atoms. The maximum Gasteiger partial charge on any atom is 0.257 e.